The third-order valence-corrected chi connectivity index (χ3v) is 4.09. The Morgan fingerprint density at radius 2 is 2.10 bits per heavy atom. The van der Waals surface area contributed by atoms with Crippen LogP contribution >= 0.6 is 0 Å². The molecule has 5 nitrogen and oxygen atoms in total. The zero-order valence-corrected chi connectivity index (χ0v) is 12.6. The highest BCUT2D eigenvalue weighted by atomic mass is 16.4. The van der Waals surface area contributed by atoms with E-state index in [4.69, 9.17) is 10.9 Å². The first-order valence-corrected chi connectivity index (χ1v) is 7.20. The predicted octanol–water partition coefficient (Wildman–Crippen LogP) is 2.42. The molecule has 0 amide bonds. The van der Waals surface area contributed by atoms with Gasteiger partial charge in [-0.25, -0.2) is 0 Å². The molecule has 20 heavy (non-hydrogen) atoms. The smallest absolute Gasteiger partial charge is 0.174 e. The Balaban J connectivity index is 2.32. The van der Waals surface area contributed by atoms with Crippen molar-refractivity contribution >= 4 is 11.5 Å². The van der Waals surface area contributed by atoms with E-state index in [0.717, 1.165) is 35.1 Å². The fourth-order valence-corrected chi connectivity index (χ4v) is 3.15. The lowest BCUT2D eigenvalue weighted by molar-refractivity contribution is 0.318. The molecule has 0 unspecified atom stereocenters. The fourth-order valence-electron chi connectivity index (χ4n) is 3.15. The minimum Gasteiger partial charge on any atom is -0.409 e. The molecule has 0 aromatic carbocycles. The van der Waals surface area contributed by atoms with Crippen molar-refractivity contribution in [2.24, 2.45) is 16.8 Å². The third-order valence-electron chi connectivity index (χ3n) is 4.09. The molecule has 110 valence electrons. The first-order valence-electron chi connectivity index (χ1n) is 7.20. The molecular formula is C15H24N4O. The van der Waals surface area contributed by atoms with Crippen LogP contribution in [0.15, 0.2) is 11.2 Å². The van der Waals surface area contributed by atoms with Crippen LogP contribution in [0.1, 0.15) is 42.6 Å². The van der Waals surface area contributed by atoms with Crippen LogP contribution in [0.2, 0.25) is 0 Å². The molecule has 1 saturated carbocycles. The van der Waals surface area contributed by atoms with Crippen LogP contribution in [-0.2, 0) is 0 Å². The number of nitrogens with zero attached hydrogens (tertiary/aromatic N) is 3. The van der Waals surface area contributed by atoms with Gasteiger partial charge in [0.25, 0.3) is 0 Å². The van der Waals surface area contributed by atoms with Crippen molar-refractivity contribution < 1.29 is 5.21 Å². The number of nitrogens with two attached hydrogens (primary N) is 1. The maximum absolute atomic E-state index is 8.99. The minimum absolute atomic E-state index is 0.128. The average molecular weight is 276 g/mol. The second kappa shape index (κ2) is 6.11. The topological polar surface area (TPSA) is 74.7 Å². The second-order valence-electron chi connectivity index (χ2n) is 5.76. The number of aryl methyl sites for hydroxylation is 2. The number of hydrogen-bond donors (Lipinski definition) is 2. The predicted molar refractivity (Wildman–Crippen MR) is 81.4 cm³/mol. The molecule has 0 aliphatic heterocycles. The van der Waals surface area contributed by atoms with E-state index in [-0.39, 0.29) is 5.84 Å². The van der Waals surface area contributed by atoms with Crippen molar-refractivity contribution in [1.29, 1.82) is 0 Å². The van der Waals surface area contributed by atoms with Gasteiger partial charge in [0.2, 0.25) is 0 Å². The van der Waals surface area contributed by atoms with Gasteiger partial charge in [-0.1, -0.05) is 18.0 Å². The Labute approximate surface area is 120 Å². The van der Waals surface area contributed by atoms with E-state index in [2.05, 4.69) is 22.1 Å². The molecule has 0 atom stereocenters. The fraction of sp³-hybridized carbons (Fsp3) is 0.600. The van der Waals surface area contributed by atoms with Crippen LogP contribution in [0.3, 0.4) is 0 Å². The third kappa shape index (κ3) is 3.03. The Bertz CT molecular complexity index is 507. The van der Waals surface area contributed by atoms with Crippen LogP contribution in [0.4, 0.5) is 5.69 Å². The van der Waals surface area contributed by atoms with Crippen LogP contribution in [-0.4, -0.2) is 29.6 Å². The molecule has 0 spiro atoms. The molecule has 1 aliphatic carbocycles. The van der Waals surface area contributed by atoms with E-state index in [1.807, 2.05) is 19.9 Å². The molecule has 1 fully saturated rings. The SMILES string of the molecule is Cc1cc(N(C)CC2CCCC2)c(/C(N)=N/O)c(C)n1. The van der Waals surface area contributed by atoms with Crippen LogP contribution < -0.4 is 10.6 Å². The molecule has 3 N–H and O–H groups in total. The highest BCUT2D eigenvalue weighted by Crippen LogP contribution is 2.29. The maximum atomic E-state index is 8.99. The number of anilines is 1. The standard InChI is InChI=1S/C15H24N4O/c1-10-8-13(14(11(2)17-10)15(16)18-20)19(3)9-12-6-4-5-7-12/h8,12,20H,4-7,9H2,1-3H3,(H2,16,18). The number of rotatable bonds is 4. The van der Waals surface area contributed by atoms with Crippen molar-refractivity contribution in [2.45, 2.75) is 39.5 Å². The summed E-state index contributed by atoms with van der Waals surface area (Å²) in [6.45, 7) is 4.87. The molecular weight excluding hydrogens is 252 g/mol. The highest BCUT2D eigenvalue weighted by Gasteiger charge is 2.21. The van der Waals surface area contributed by atoms with E-state index in [9.17, 15) is 0 Å². The van der Waals surface area contributed by atoms with Gasteiger partial charge in [-0.3, -0.25) is 4.98 Å². The lowest BCUT2D eigenvalue weighted by Gasteiger charge is -2.26. The summed E-state index contributed by atoms with van der Waals surface area (Å²) in [7, 11) is 2.07. The molecule has 0 saturated heterocycles. The Morgan fingerprint density at radius 1 is 1.45 bits per heavy atom. The summed E-state index contributed by atoms with van der Waals surface area (Å²) in [5, 5.41) is 12.1. The van der Waals surface area contributed by atoms with Crippen LogP contribution in [0, 0.1) is 19.8 Å². The number of oxime groups is 1. The van der Waals surface area contributed by atoms with E-state index in [1.54, 1.807) is 0 Å². The van der Waals surface area contributed by atoms with Crippen molar-refractivity contribution in [3.8, 4) is 0 Å². The van der Waals surface area contributed by atoms with E-state index >= 15 is 0 Å². The Hall–Kier alpha value is -1.78. The zero-order chi connectivity index (χ0) is 14.7. The first kappa shape index (κ1) is 14.6. The van der Waals surface area contributed by atoms with Gasteiger partial charge in [-0.2, -0.15) is 0 Å². The van der Waals surface area contributed by atoms with Gasteiger partial charge >= 0.3 is 0 Å². The molecule has 0 bridgehead atoms. The van der Waals surface area contributed by atoms with Crippen molar-refractivity contribution in [3.63, 3.8) is 0 Å². The average Bonchev–Trinajstić information content (AvgIpc) is 2.89. The quantitative estimate of drug-likeness (QED) is 0.383. The zero-order valence-electron chi connectivity index (χ0n) is 12.6. The van der Waals surface area contributed by atoms with Gasteiger partial charge in [0.1, 0.15) is 0 Å². The van der Waals surface area contributed by atoms with E-state index in [1.165, 1.54) is 25.7 Å². The lowest BCUT2D eigenvalue weighted by atomic mass is 10.1. The Kier molecular flexibility index (Phi) is 4.47. The normalized spacial score (nSPS) is 16.6. The number of pyridine rings is 1. The molecule has 2 rings (SSSR count). The number of hydrogen-bond acceptors (Lipinski definition) is 4. The van der Waals surface area contributed by atoms with Crippen LogP contribution in [0.25, 0.3) is 0 Å². The number of amidine groups is 1. The van der Waals surface area contributed by atoms with Gasteiger partial charge in [0, 0.05) is 19.3 Å². The van der Waals surface area contributed by atoms with Crippen molar-refractivity contribution in [1.82, 2.24) is 4.98 Å². The van der Waals surface area contributed by atoms with Gasteiger partial charge < -0.3 is 15.8 Å². The van der Waals surface area contributed by atoms with Crippen molar-refractivity contribution in [3.05, 3.63) is 23.0 Å². The minimum atomic E-state index is 0.128. The highest BCUT2D eigenvalue weighted by molar-refractivity contribution is 6.03. The summed E-state index contributed by atoms with van der Waals surface area (Å²) in [6, 6.07) is 2.01. The summed E-state index contributed by atoms with van der Waals surface area (Å²) in [5.41, 5.74) is 9.31. The largest absolute Gasteiger partial charge is 0.409 e. The monoisotopic (exact) mass is 276 g/mol. The summed E-state index contributed by atoms with van der Waals surface area (Å²) >= 11 is 0. The molecule has 1 aromatic rings. The van der Waals surface area contributed by atoms with Crippen LogP contribution in [0.5, 0.6) is 0 Å². The summed E-state index contributed by atoms with van der Waals surface area (Å²) in [5.74, 6) is 0.872. The van der Waals surface area contributed by atoms with Crippen molar-refractivity contribution in [2.75, 3.05) is 18.5 Å². The molecule has 5 heteroatoms. The van der Waals surface area contributed by atoms with E-state index < -0.39 is 0 Å². The van der Waals surface area contributed by atoms with E-state index in [0.29, 0.717) is 0 Å². The molecule has 0 radical (unpaired) electrons. The van der Waals surface area contributed by atoms with Gasteiger partial charge in [-0.05, 0) is 38.7 Å². The summed E-state index contributed by atoms with van der Waals surface area (Å²) in [4.78, 5) is 6.63. The number of aromatic nitrogens is 1. The molecule has 1 aliphatic rings. The Morgan fingerprint density at radius 3 is 2.70 bits per heavy atom. The summed E-state index contributed by atoms with van der Waals surface area (Å²) in [6.07, 6.45) is 5.26. The van der Waals surface area contributed by atoms with Gasteiger partial charge in [-0.15, -0.1) is 0 Å². The lowest BCUT2D eigenvalue weighted by Crippen LogP contribution is -2.28. The molecule has 1 aromatic heterocycles. The maximum Gasteiger partial charge on any atom is 0.174 e. The van der Waals surface area contributed by atoms with Gasteiger partial charge in [0.15, 0.2) is 5.84 Å². The van der Waals surface area contributed by atoms with Gasteiger partial charge in [0.05, 0.1) is 16.9 Å². The second-order valence-corrected chi connectivity index (χ2v) is 5.76. The summed E-state index contributed by atoms with van der Waals surface area (Å²) < 4.78 is 0. The molecule has 1 heterocycles. The first-order chi connectivity index (χ1) is 9.52.